The second-order valence-corrected chi connectivity index (χ2v) is 6.37. The molecule has 0 saturated heterocycles. The quantitative estimate of drug-likeness (QED) is 0.640. The van der Waals surface area contributed by atoms with Crippen molar-refractivity contribution in [2.75, 3.05) is 0 Å². The maximum absolute atomic E-state index is 2.42. The van der Waals surface area contributed by atoms with Crippen LogP contribution in [0.15, 0.2) is 18.2 Å². The van der Waals surface area contributed by atoms with Crippen molar-refractivity contribution in [2.24, 2.45) is 11.8 Å². The molecular weight excluding hydrogens is 192 g/mol. The first-order valence-corrected chi connectivity index (χ1v) is 6.46. The molecule has 1 aliphatic carbocycles. The lowest BCUT2D eigenvalue weighted by Gasteiger charge is -2.30. The Morgan fingerprint density at radius 3 is 2.38 bits per heavy atom. The van der Waals surface area contributed by atoms with Crippen LogP contribution >= 0.6 is 0 Å². The van der Waals surface area contributed by atoms with Gasteiger partial charge in [0.25, 0.3) is 0 Å². The first-order chi connectivity index (χ1) is 7.35. The normalized spacial score (nSPS) is 27.2. The average molecular weight is 216 g/mol. The van der Waals surface area contributed by atoms with E-state index in [2.05, 4.69) is 59.7 Å². The minimum Gasteiger partial charge on any atom is -0.0622 e. The largest absolute Gasteiger partial charge is 0.0622 e. The van der Waals surface area contributed by atoms with Gasteiger partial charge in [0.2, 0.25) is 0 Å². The summed E-state index contributed by atoms with van der Waals surface area (Å²) in [7, 11) is 0. The van der Waals surface area contributed by atoms with Crippen molar-refractivity contribution in [3.63, 3.8) is 0 Å². The van der Waals surface area contributed by atoms with Gasteiger partial charge in [-0.25, -0.2) is 0 Å². The molecule has 0 saturated carbocycles. The Hall–Kier alpha value is -0.780. The summed E-state index contributed by atoms with van der Waals surface area (Å²) in [5, 5.41) is 0. The van der Waals surface area contributed by atoms with Gasteiger partial charge in [0, 0.05) is 0 Å². The standard InChI is InChI=1S/C16H24/c1-10(2)15-12(4)16(5,6)14-9-11(3)7-8-13(14)15/h7-10,12,15H,1-6H3/t12-,15-/m0/s1. The van der Waals surface area contributed by atoms with E-state index in [0.717, 1.165) is 17.8 Å². The summed E-state index contributed by atoms with van der Waals surface area (Å²) in [4.78, 5) is 0. The maximum Gasteiger partial charge on any atom is -0.00691 e. The van der Waals surface area contributed by atoms with Gasteiger partial charge in [-0.15, -0.1) is 0 Å². The summed E-state index contributed by atoms with van der Waals surface area (Å²) in [6.45, 7) is 14.1. The molecule has 1 aromatic rings. The molecule has 0 radical (unpaired) electrons. The van der Waals surface area contributed by atoms with Crippen molar-refractivity contribution < 1.29 is 0 Å². The van der Waals surface area contributed by atoms with Crippen LogP contribution in [-0.2, 0) is 5.41 Å². The van der Waals surface area contributed by atoms with Crippen LogP contribution in [0.2, 0.25) is 0 Å². The molecule has 2 atom stereocenters. The highest BCUT2D eigenvalue weighted by Crippen LogP contribution is 2.52. The molecule has 1 aliphatic rings. The zero-order chi connectivity index (χ0) is 12.1. The Labute approximate surface area is 100 Å². The van der Waals surface area contributed by atoms with Gasteiger partial charge in [-0.2, -0.15) is 0 Å². The van der Waals surface area contributed by atoms with Crippen LogP contribution in [0.3, 0.4) is 0 Å². The average Bonchev–Trinajstić information content (AvgIpc) is 2.37. The SMILES string of the molecule is Cc1ccc2c(c1)C(C)(C)[C@@H](C)[C@@H]2C(C)C. The van der Waals surface area contributed by atoms with E-state index in [1.165, 1.54) is 5.56 Å². The zero-order valence-electron chi connectivity index (χ0n) is 11.5. The number of fused-ring (bicyclic) bond motifs is 1. The first-order valence-electron chi connectivity index (χ1n) is 6.46. The van der Waals surface area contributed by atoms with Gasteiger partial charge in [0.15, 0.2) is 0 Å². The zero-order valence-corrected chi connectivity index (χ0v) is 11.5. The predicted octanol–water partition coefficient (Wildman–Crippen LogP) is 4.66. The molecular formula is C16H24. The van der Waals surface area contributed by atoms with Crippen LogP contribution in [0.5, 0.6) is 0 Å². The Balaban J connectivity index is 2.60. The van der Waals surface area contributed by atoms with Crippen LogP contribution in [0.4, 0.5) is 0 Å². The van der Waals surface area contributed by atoms with E-state index in [4.69, 9.17) is 0 Å². The van der Waals surface area contributed by atoms with Crippen molar-refractivity contribution in [1.29, 1.82) is 0 Å². The molecule has 0 N–H and O–H groups in total. The van der Waals surface area contributed by atoms with Crippen molar-refractivity contribution in [3.8, 4) is 0 Å². The molecule has 0 nitrogen and oxygen atoms in total. The predicted molar refractivity (Wildman–Crippen MR) is 70.9 cm³/mol. The van der Waals surface area contributed by atoms with Gasteiger partial charge in [0.1, 0.15) is 0 Å². The van der Waals surface area contributed by atoms with Gasteiger partial charge in [0.05, 0.1) is 0 Å². The van der Waals surface area contributed by atoms with Crippen LogP contribution in [0.25, 0.3) is 0 Å². The maximum atomic E-state index is 2.42. The molecule has 16 heavy (non-hydrogen) atoms. The number of hydrogen-bond donors (Lipinski definition) is 0. The second kappa shape index (κ2) is 3.61. The van der Waals surface area contributed by atoms with Crippen LogP contribution in [0, 0.1) is 18.8 Å². The molecule has 2 rings (SSSR count). The molecule has 0 heterocycles. The Bertz CT molecular complexity index is 398. The van der Waals surface area contributed by atoms with Gasteiger partial charge < -0.3 is 0 Å². The molecule has 0 spiro atoms. The van der Waals surface area contributed by atoms with E-state index in [-0.39, 0.29) is 0 Å². The molecule has 0 unspecified atom stereocenters. The van der Waals surface area contributed by atoms with E-state index in [0.29, 0.717) is 5.41 Å². The van der Waals surface area contributed by atoms with Crippen LogP contribution in [-0.4, -0.2) is 0 Å². The number of aryl methyl sites for hydroxylation is 1. The first kappa shape index (κ1) is 11.7. The molecule has 0 heteroatoms. The third-order valence-electron chi connectivity index (χ3n) is 4.66. The Kier molecular flexibility index (Phi) is 2.64. The fourth-order valence-corrected chi connectivity index (χ4v) is 3.42. The van der Waals surface area contributed by atoms with E-state index in [9.17, 15) is 0 Å². The van der Waals surface area contributed by atoms with Crippen molar-refractivity contribution in [1.82, 2.24) is 0 Å². The minimum absolute atomic E-state index is 0.330. The van der Waals surface area contributed by atoms with Gasteiger partial charge in [-0.3, -0.25) is 0 Å². The summed E-state index contributed by atoms with van der Waals surface area (Å²) in [6, 6.07) is 7.02. The summed E-state index contributed by atoms with van der Waals surface area (Å²) < 4.78 is 0. The number of benzene rings is 1. The highest BCUT2D eigenvalue weighted by molar-refractivity contribution is 5.45. The smallest absolute Gasteiger partial charge is 0.00691 e. The second-order valence-electron chi connectivity index (χ2n) is 6.37. The third-order valence-corrected chi connectivity index (χ3v) is 4.66. The lowest BCUT2D eigenvalue weighted by atomic mass is 9.74. The summed E-state index contributed by atoms with van der Waals surface area (Å²) in [5.41, 5.74) is 4.90. The molecule has 0 bridgehead atoms. The molecule has 1 aromatic carbocycles. The van der Waals surface area contributed by atoms with Crippen molar-refractivity contribution in [2.45, 2.75) is 52.9 Å². The summed E-state index contributed by atoms with van der Waals surface area (Å²) in [6.07, 6.45) is 0. The van der Waals surface area contributed by atoms with Gasteiger partial charge in [-0.05, 0) is 41.2 Å². The molecule has 0 fully saturated rings. The van der Waals surface area contributed by atoms with Crippen LogP contribution in [0.1, 0.15) is 57.2 Å². The topological polar surface area (TPSA) is 0 Å². The summed E-state index contributed by atoms with van der Waals surface area (Å²) in [5.74, 6) is 2.20. The number of hydrogen-bond acceptors (Lipinski definition) is 0. The fourth-order valence-electron chi connectivity index (χ4n) is 3.42. The van der Waals surface area contributed by atoms with Crippen LogP contribution < -0.4 is 0 Å². The fraction of sp³-hybridized carbons (Fsp3) is 0.625. The van der Waals surface area contributed by atoms with E-state index in [1.54, 1.807) is 11.1 Å². The molecule has 0 amide bonds. The lowest BCUT2D eigenvalue weighted by molar-refractivity contribution is 0.286. The molecule has 0 aromatic heterocycles. The lowest BCUT2D eigenvalue weighted by Crippen LogP contribution is -2.25. The number of rotatable bonds is 1. The van der Waals surface area contributed by atoms with E-state index < -0.39 is 0 Å². The highest BCUT2D eigenvalue weighted by atomic mass is 14.5. The Morgan fingerprint density at radius 1 is 1.19 bits per heavy atom. The Morgan fingerprint density at radius 2 is 1.81 bits per heavy atom. The van der Waals surface area contributed by atoms with E-state index in [1.807, 2.05) is 0 Å². The summed E-state index contributed by atoms with van der Waals surface area (Å²) >= 11 is 0. The molecule has 0 aliphatic heterocycles. The van der Waals surface area contributed by atoms with Crippen molar-refractivity contribution in [3.05, 3.63) is 34.9 Å². The van der Waals surface area contributed by atoms with Crippen molar-refractivity contribution >= 4 is 0 Å². The molecule has 88 valence electrons. The van der Waals surface area contributed by atoms with Gasteiger partial charge in [-0.1, -0.05) is 58.4 Å². The monoisotopic (exact) mass is 216 g/mol. The van der Waals surface area contributed by atoms with E-state index >= 15 is 0 Å². The minimum atomic E-state index is 0.330. The third kappa shape index (κ3) is 1.50. The highest BCUT2D eigenvalue weighted by Gasteiger charge is 2.44. The van der Waals surface area contributed by atoms with Gasteiger partial charge >= 0.3 is 0 Å².